The van der Waals surface area contributed by atoms with Crippen molar-refractivity contribution < 1.29 is 4.74 Å². The van der Waals surface area contributed by atoms with Gasteiger partial charge in [-0.3, -0.25) is 4.98 Å². The summed E-state index contributed by atoms with van der Waals surface area (Å²) in [7, 11) is 0. The lowest BCUT2D eigenvalue weighted by atomic mass is 9.93. The fraction of sp³-hybridized carbons (Fsp3) is 0.381. The molecule has 1 aliphatic heterocycles. The van der Waals surface area contributed by atoms with E-state index in [0.717, 1.165) is 36.2 Å². The van der Waals surface area contributed by atoms with E-state index in [4.69, 9.17) is 4.74 Å². The highest BCUT2D eigenvalue weighted by Gasteiger charge is 2.29. The number of ether oxygens (including phenoxy) is 1. The van der Waals surface area contributed by atoms with Crippen molar-refractivity contribution in [2.24, 2.45) is 5.92 Å². The molecule has 1 saturated heterocycles. The molecule has 1 N–H and O–H groups in total. The van der Waals surface area contributed by atoms with Gasteiger partial charge >= 0.3 is 0 Å². The van der Waals surface area contributed by atoms with Gasteiger partial charge in [0.1, 0.15) is 0 Å². The number of nitrogens with one attached hydrogen (secondary N) is 1. The predicted octanol–water partition coefficient (Wildman–Crippen LogP) is 3.57. The van der Waals surface area contributed by atoms with Crippen molar-refractivity contribution in [2.45, 2.75) is 32.7 Å². The Morgan fingerprint density at radius 1 is 1.15 bits per heavy atom. The number of hydrogen-bond acceptors (Lipinski definition) is 5. The van der Waals surface area contributed by atoms with Crippen molar-refractivity contribution in [3.05, 3.63) is 59.5 Å². The Bertz CT molecular complexity index is 906. The average molecular weight is 348 g/mol. The minimum Gasteiger partial charge on any atom is -0.379 e. The molecule has 1 aromatic carbocycles. The Kier molecular flexibility index (Phi) is 4.80. The zero-order chi connectivity index (χ0) is 17.9. The van der Waals surface area contributed by atoms with Gasteiger partial charge in [0.05, 0.1) is 24.8 Å². The van der Waals surface area contributed by atoms with Crippen molar-refractivity contribution >= 4 is 16.9 Å². The minimum absolute atomic E-state index is 0.217. The molecule has 3 aromatic rings. The topological polar surface area (TPSA) is 59.9 Å². The van der Waals surface area contributed by atoms with Gasteiger partial charge in [0.2, 0.25) is 5.95 Å². The highest BCUT2D eigenvalue weighted by molar-refractivity contribution is 5.81. The molecule has 2 aromatic heterocycles. The number of rotatable bonds is 5. The third kappa shape index (κ3) is 3.40. The summed E-state index contributed by atoms with van der Waals surface area (Å²) in [5, 5.41) is 4.72. The molecule has 0 aliphatic carbocycles. The minimum atomic E-state index is 0.217. The zero-order valence-electron chi connectivity index (χ0n) is 15.3. The number of pyridine rings is 1. The fourth-order valence-corrected chi connectivity index (χ4v) is 3.65. The molecular weight excluding hydrogens is 324 g/mol. The van der Waals surface area contributed by atoms with Crippen LogP contribution in [0.3, 0.4) is 0 Å². The summed E-state index contributed by atoms with van der Waals surface area (Å²) >= 11 is 0. The second kappa shape index (κ2) is 7.38. The van der Waals surface area contributed by atoms with E-state index in [2.05, 4.69) is 58.4 Å². The van der Waals surface area contributed by atoms with E-state index in [1.807, 2.05) is 18.5 Å². The average Bonchev–Trinajstić information content (AvgIpc) is 3.10. The van der Waals surface area contributed by atoms with Crippen LogP contribution >= 0.6 is 0 Å². The highest BCUT2D eigenvalue weighted by atomic mass is 16.5. The molecule has 5 nitrogen and oxygen atoms in total. The van der Waals surface area contributed by atoms with Gasteiger partial charge in [-0.2, -0.15) is 0 Å². The first-order valence-electron chi connectivity index (χ1n) is 9.24. The van der Waals surface area contributed by atoms with Crippen LogP contribution in [-0.2, 0) is 17.6 Å². The van der Waals surface area contributed by atoms with E-state index in [1.54, 1.807) is 0 Å². The molecule has 4 rings (SSSR count). The standard InChI is InChI=1S/C21H24N4O/c1-3-18-14(2)11-23-21(24-18)25-20-13-26-12-16(20)10-15-8-9-22-19-7-5-4-6-17(15)19/h4-9,11,16,20H,3,10,12-13H2,1-2H3,(H,23,24,25)/t16-,20+/m1/s1. The lowest BCUT2D eigenvalue weighted by Crippen LogP contribution is -2.30. The largest absolute Gasteiger partial charge is 0.379 e. The first kappa shape index (κ1) is 16.9. The van der Waals surface area contributed by atoms with Crippen LogP contribution in [0.4, 0.5) is 5.95 Å². The maximum absolute atomic E-state index is 5.77. The third-order valence-electron chi connectivity index (χ3n) is 5.15. The predicted molar refractivity (Wildman–Crippen MR) is 103 cm³/mol. The van der Waals surface area contributed by atoms with Gasteiger partial charge in [-0.1, -0.05) is 25.1 Å². The summed E-state index contributed by atoms with van der Waals surface area (Å²) in [5.74, 6) is 1.09. The van der Waals surface area contributed by atoms with Crippen LogP contribution in [0.2, 0.25) is 0 Å². The van der Waals surface area contributed by atoms with Gasteiger partial charge in [0.15, 0.2) is 0 Å². The summed E-state index contributed by atoms with van der Waals surface area (Å²) in [6, 6.07) is 10.6. The van der Waals surface area contributed by atoms with Crippen LogP contribution in [0.25, 0.3) is 10.9 Å². The van der Waals surface area contributed by atoms with E-state index < -0.39 is 0 Å². The SMILES string of the molecule is CCc1nc(N[C@H]2COC[C@H]2Cc2ccnc3ccccc23)ncc1C. The van der Waals surface area contributed by atoms with E-state index >= 15 is 0 Å². The number of benzene rings is 1. The molecule has 134 valence electrons. The molecule has 1 aliphatic rings. The maximum Gasteiger partial charge on any atom is 0.223 e. The summed E-state index contributed by atoms with van der Waals surface area (Å²) in [6.45, 7) is 5.61. The molecule has 0 radical (unpaired) electrons. The molecule has 3 heterocycles. The van der Waals surface area contributed by atoms with Gasteiger partial charge in [-0.25, -0.2) is 9.97 Å². The van der Waals surface area contributed by atoms with Gasteiger partial charge in [-0.05, 0) is 43.0 Å². The van der Waals surface area contributed by atoms with Gasteiger partial charge < -0.3 is 10.1 Å². The summed E-state index contributed by atoms with van der Waals surface area (Å²) in [6.07, 6.45) is 5.66. The fourth-order valence-electron chi connectivity index (χ4n) is 3.65. The van der Waals surface area contributed by atoms with Gasteiger partial charge in [0, 0.05) is 29.4 Å². The van der Waals surface area contributed by atoms with Crippen LogP contribution in [0.15, 0.2) is 42.7 Å². The number of fused-ring (bicyclic) bond motifs is 1. The first-order chi connectivity index (χ1) is 12.7. The molecular formula is C21H24N4O. The summed E-state index contributed by atoms with van der Waals surface area (Å²) in [5.41, 5.74) is 4.60. The molecule has 1 fully saturated rings. The zero-order valence-corrected chi connectivity index (χ0v) is 15.3. The van der Waals surface area contributed by atoms with Crippen molar-refractivity contribution in [3.8, 4) is 0 Å². The van der Waals surface area contributed by atoms with Crippen molar-refractivity contribution in [1.82, 2.24) is 15.0 Å². The van der Waals surface area contributed by atoms with Crippen LogP contribution in [0.1, 0.15) is 23.7 Å². The van der Waals surface area contributed by atoms with Crippen molar-refractivity contribution in [1.29, 1.82) is 0 Å². The van der Waals surface area contributed by atoms with Gasteiger partial charge in [-0.15, -0.1) is 0 Å². The Balaban J connectivity index is 1.53. The van der Waals surface area contributed by atoms with Crippen LogP contribution in [0.5, 0.6) is 0 Å². The monoisotopic (exact) mass is 348 g/mol. The number of nitrogens with zero attached hydrogens (tertiary/aromatic N) is 3. The van der Waals surface area contributed by atoms with Crippen LogP contribution in [0, 0.1) is 12.8 Å². The van der Waals surface area contributed by atoms with E-state index in [1.165, 1.54) is 10.9 Å². The first-order valence-corrected chi connectivity index (χ1v) is 9.24. The van der Waals surface area contributed by atoms with Crippen molar-refractivity contribution in [2.75, 3.05) is 18.5 Å². The molecule has 26 heavy (non-hydrogen) atoms. The molecule has 2 atom stereocenters. The van der Waals surface area contributed by atoms with Crippen molar-refractivity contribution in [3.63, 3.8) is 0 Å². The number of para-hydroxylation sites is 1. The van der Waals surface area contributed by atoms with Crippen LogP contribution < -0.4 is 5.32 Å². The van der Waals surface area contributed by atoms with E-state index in [-0.39, 0.29) is 6.04 Å². The summed E-state index contributed by atoms with van der Waals surface area (Å²) < 4.78 is 5.77. The third-order valence-corrected chi connectivity index (χ3v) is 5.15. The van der Waals surface area contributed by atoms with Crippen LogP contribution in [-0.4, -0.2) is 34.2 Å². The van der Waals surface area contributed by atoms with Gasteiger partial charge in [0.25, 0.3) is 0 Å². The van der Waals surface area contributed by atoms with E-state index in [0.29, 0.717) is 18.5 Å². The number of hydrogen-bond donors (Lipinski definition) is 1. The summed E-state index contributed by atoms with van der Waals surface area (Å²) in [4.78, 5) is 13.6. The Labute approximate surface area is 153 Å². The molecule has 0 bridgehead atoms. The highest BCUT2D eigenvalue weighted by Crippen LogP contribution is 2.25. The number of aryl methyl sites for hydroxylation is 2. The Morgan fingerprint density at radius 2 is 2.04 bits per heavy atom. The maximum atomic E-state index is 5.77. The lowest BCUT2D eigenvalue weighted by Gasteiger charge is -2.20. The van der Waals surface area contributed by atoms with E-state index in [9.17, 15) is 0 Å². The quantitative estimate of drug-likeness (QED) is 0.764. The smallest absolute Gasteiger partial charge is 0.223 e. The number of anilines is 1. The molecule has 0 unspecified atom stereocenters. The molecule has 0 saturated carbocycles. The second-order valence-electron chi connectivity index (χ2n) is 6.92. The Morgan fingerprint density at radius 3 is 2.92 bits per heavy atom. The molecule has 5 heteroatoms. The molecule has 0 amide bonds. The normalized spacial score (nSPS) is 19.8. The Hall–Kier alpha value is -2.53. The number of aromatic nitrogens is 3. The lowest BCUT2D eigenvalue weighted by molar-refractivity contribution is 0.185. The second-order valence-corrected chi connectivity index (χ2v) is 6.92. The molecule has 0 spiro atoms.